The second kappa shape index (κ2) is 5.19. The van der Waals surface area contributed by atoms with Gasteiger partial charge >= 0.3 is 0 Å². The fraction of sp³-hybridized carbons (Fsp3) is 0.133. The minimum absolute atomic E-state index is 0.225. The van der Waals surface area contributed by atoms with Crippen LogP contribution < -0.4 is 5.32 Å². The largest absolute Gasteiger partial charge is 0.377 e. The SMILES string of the molecule is CC(Nc1cccc2ncccc12)c1ccc(Cl)s1. The molecule has 3 aromatic rings. The van der Waals surface area contributed by atoms with E-state index < -0.39 is 0 Å². The first-order valence-electron chi connectivity index (χ1n) is 6.09. The lowest BCUT2D eigenvalue weighted by atomic mass is 10.1. The summed E-state index contributed by atoms with van der Waals surface area (Å²) in [5, 5.41) is 4.66. The molecular formula is C15H13ClN2S. The minimum Gasteiger partial charge on any atom is -0.377 e. The fourth-order valence-corrected chi connectivity index (χ4v) is 3.16. The second-order valence-electron chi connectivity index (χ2n) is 4.38. The van der Waals surface area contributed by atoms with Gasteiger partial charge in [0.05, 0.1) is 15.9 Å². The monoisotopic (exact) mass is 288 g/mol. The smallest absolute Gasteiger partial charge is 0.0932 e. The highest BCUT2D eigenvalue weighted by molar-refractivity contribution is 7.16. The summed E-state index contributed by atoms with van der Waals surface area (Å²) in [5.41, 5.74) is 2.10. The molecule has 2 nitrogen and oxygen atoms in total. The van der Waals surface area contributed by atoms with E-state index >= 15 is 0 Å². The van der Waals surface area contributed by atoms with Gasteiger partial charge in [0.2, 0.25) is 0 Å². The lowest BCUT2D eigenvalue weighted by molar-refractivity contribution is 0.910. The van der Waals surface area contributed by atoms with E-state index in [2.05, 4.69) is 35.4 Å². The Hall–Kier alpha value is -1.58. The number of nitrogens with one attached hydrogen (secondary N) is 1. The molecular weight excluding hydrogens is 276 g/mol. The van der Waals surface area contributed by atoms with Crippen molar-refractivity contribution in [2.75, 3.05) is 5.32 Å². The zero-order valence-electron chi connectivity index (χ0n) is 10.4. The molecule has 1 atom stereocenters. The Labute approximate surface area is 121 Å². The number of pyridine rings is 1. The quantitative estimate of drug-likeness (QED) is 0.723. The maximum atomic E-state index is 5.98. The Morgan fingerprint density at radius 1 is 1.16 bits per heavy atom. The summed E-state index contributed by atoms with van der Waals surface area (Å²) in [5.74, 6) is 0. The van der Waals surface area contributed by atoms with Crippen molar-refractivity contribution >= 4 is 39.5 Å². The Morgan fingerprint density at radius 2 is 2.05 bits per heavy atom. The van der Waals surface area contributed by atoms with E-state index in [1.165, 1.54) is 4.88 Å². The first-order valence-corrected chi connectivity index (χ1v) is 7.29. The van der Waals surface area contributed by atoms with Crippen LogP contribution in [-0.4, -0.2) is 4.98 Å². The predicted octanol–water partition coefficient (Wildman–Crippen LogP) is 5.12. The molecule has 0 amide bonds. The maximum absolute atomic E-state index is 5.98. The van der Waals surface area contributed by atoms with Gasteiger partial charge in [-0.3, -0.25) is 4.98 Å². The van der Waals surface area contributed by atoms with Crippen molar-refractivity contribution in [2.45, 2.75) is 13.0 Å². The summed E-state index contributed by atoms with van der Waals surface area (Å²) in [6.45, 7) is 2.14. The Bertz CT molecular complexity index is 703. The van der Waals surface area contributed by atoms with E-state index in [-0.39, 0.29) is 6.04 Å². The van der Waals surface area contributed by atoms with Crippen LogP contribution in [0.25, 0.3) is 10.9 Å². The van der Waals surface area contributed by atoms with E-state index in [1.54, 1.807) is 11.3 Å². The number of thiophene rings is 1. The number of hydrogen-bond donors (Lipinski definition) is 1. The summed E-state index contributed by atoms with van der Waals surface area (Å²) in [4.78, 5) is 5.60. The summed E-state index contributed by atoms with van der Waals surface area (Å²) < 4.78 is 0.822. The van der Waals surface area contributed by atoms with Crippen molar-refractivity contribution in [3.63, 3.8) is 0 Å². The van der Waals surface area contributed by atoms with Crippen LogP contribution in [0.15, 0.2) is 48.7 Å². The van der Waals surface area contributed by atoms with E-state index in [0.29, 0.717) is 0 Å². The van der Waals surface area contributed by atoms with Crippen molar-refractivity contribution in [3.05, 3.63) is 57.9 Å². The lowest BCUT2D eigenvalue weighted by Gasteiger charge is -2.15. The molecule has 0 spiro atoms. The van der Waals surface area contributed by atoms with Gasteiger partial charge in [-0.2, -0.15) is 0 Å². The predicted molar refractivity (Wildman–Crippen MR) is 83.1 cm³/mol. The minimum atomic E-state index is 0.225. The van der Waals surface area contributed by atoms with Crippen LogP contribution in [0.5, 0.6) is 0 Å². The van der Waals surface area contributed by atoms with Crippen LogP contribution >= 0.6 is 22.9 Å². The van der Waals surface area contributed by atoms with Gasteiger partial charge in [0, 0.05) is 22.1 Å². The third kappa shape index (κ3) is 2.57. The molecule has 1 unspecified atom stereocenters. The molecule has 1 N–H and O–H groups in total. The van der Waals surface area contributed by atoms with Crippen molar-refractivity contribution in [3.8, 4) is 0 Å². The van der Waals surface area contributed by atoms with E-state index in [1.807, 2.05) is 30.5 Å². The molecule has 2 heterocycles. The first kappa shape index (κ1) is 12.5. The highest BCUT2D eigenvalue weighted by Crippen LogP contribution is 2.31. The summed E-state index contributed by atoms with van der Waals surface area (Å²) in [6.07, 6.45) is 1.81. The van der Waals surface area contributed by atoms with Crippen molar-refractivity contribution in [2.24, 2.45) is 0 Å². The summed E-state index contributed by atoms with van der Waals surface area (Å²) in [7, 11) is 0. The number of nitrogens with zero attached hydrogens (tertiary/aromatic N) is 1. The van der Waals surface area contributed by atoms with Crippen LogP contribution in [0.4, 0.5) is 5.69 Å². The second-order valence-corrected chi connectivity index (χ2v) is 6.13. The topological polar surface area (TPSA) is 24.9 Å². The van der Waals surface area contributed by atoms with Gasteiger partial charge in [0.15, 0.2) is 0 Å². The summed E-state index contributed by atoms with van der Waals surface area (Å²) in [6, 6.07) is 14.4. The first-order chi connectivity index (χ1) is 9.24. The molecule has 1 aromatic carbocycles. The van der Waals surface area contributed by atoms with Crippen LogP contribution in [0.3, 0.4) is 0 Å². The molecule has 0 radical (unpaired) electrons. The van der Waals surface area contributed by atoms with Crippen LogP contribution in [-0.2, 0) is 0 Å². The molecule has 0 aliphatic heterocycles. The molecule has 19 heavy (non-hydrogen) atoms. The van der Waals surface area contributed by atoms with E-state index in [9.17, 15) is 0 Å². The molecule has 0 bridgehead atoms. The molecule has 0 saturated heterocycles. The number of anilines is 1. The van der Waals surface area contributed by atoms with E-state index in [4.69, 9.17) is 11.6 Å². The standard InChI is InChI=1S/C15H13ClN2S/c1-10(14-7-8-15(16)19-14)18-13-6-2-5-12-11(13)4-3-9-17-12/h2-10,18H,1H3. The van der Waals surface area contributed by atoms with Crippen LogP contribution in [0.1, 0.15) is 17.8 Å². The highest BCUT2D eigenvalue weighted by atomic mass is 35.5. The molecule has 0 fully saturated rings. The van der Waals surface area contributed by atoms with Crippen LogP contribution in [0, 0.1) is 0 Å². The number of fused-ring (bicyclic) bond motifs is 1. The third-order valence-corrected chi connectivity index (χ3v) is 4.45. The molecule has 0 aliphatic carbocycles. The molecule has 0 saturated carbocycles. The molecule has 0 aliphatic rings. The molecule has 4 heteroatoms. The normalized spacial score (nSPS) is 12.5. The van der Waals surface area contributed by atoms with E-state index in [0.717, 1.165) is 20.9 Å². The van der Waals surface area contributed by atoms with Crippen molar-refractivity contribution in [1.82, 2.24) is 4.98 Å². The Morgan fingerprint density at radius 3 is 2.84 bits per heavy atom. The van der Waals surface area contributed by atoms with Crippen molar-refractivity contribution in [1.29, 1.82) is 0 Å². The van der Waals surface area contributed by atoms with Gasteiger partial charge in [-0.05, 0) is 43.3 Å². The number of rotatable bonds is 3. The van der Waals surface area contributed by atoms with Gasteiger partial charge in [-0.15, -0.1) is 11.3 Å². The Balaban J connectivity index is 1.93. The van der Waals surface area contributed by atoms with Crippen molar-refractivity contribution < 1.29 is 0 Å². The average molecular weight is 289 g/mol. The number of halogens is 1. The van der Waals surface area contributed by atoms with Gasteiger partial charge < -0.3 is 5.32 Å². The van der Waals surface area contributed by atoms with Crippen LogP contribution in [0.2, 0.25) is 4.34 Å². The average Bonchev–Trinajstić information content (AvgIpc) is 2.86. The number of benzene rings is 1. The fourth-order valence-electron chi connectivity index (χ4n) is 2.09. The number of aromatic nitrogens is 1. The van der Waals surface area contributed by atoms with Gasteiger partial charge in [0.1, 0.15) is 0 Å². The molecule has 96 valence electrons. The van der Waals surface area contributed by atoms with Gasteiger partial charge in [-0.25, -0.2) is 0 Å². The number of hydrogen-bond acceptors (Lipinski definition) is 3. The molecule has 3 rings (SSSR count). The van der Waals surface area contributed by atoms with Gasteiger partial charge in [-0.1, -0.05) is 17.7 Å². The summed E-state index contributed by atoms with van der Waals surface area (Å²) >= 11 is 7.59. The zero-order valence-corrected chi connectivity index (χ0v) is 12.0. The maximum Gasteiger partial charge on any atom is 0.0932 e. The Kier molecular flexibility index (Phi) is 3.40. The lowest BCUT2D eigenvalue weighted by Crippen LogP contribution is -2.05. The third-order valence-electron chi connectivity index (χ3n) is 3.04. The highest BCUT2D eigenvalue weighted by Gasteiger charge is 2.09. The molecule has 2 aromatic heterocycles. The zero-order chi connectivity index (χ0) is 13.2. The van der Waals surface area contributed by atoms with Gasteiger partial charge in [0.25, 0.3) is 0 Å².